The van der Waals surface area contributed by atoms with Crippen molar-refractivity contribution in [3.05, 3.63) is 35.1 Å². The van der Waals surface area contributed by atoms with Crippen LogP contribution in [0.2, 0.25) is 0 Å². The van der Waals surface area contributed by atoms with E-state index in [0.29, 0.717) is 5.69 Å². The van der Waals surface area contributed by atoms with E-state index in [4.69, 9.17) is 0 Å². The minimum Gasteiger partial charge on any atom is -0.272 e. The van der Waals surface area contributed by atoms with Gasteiger partial charge in [0.15, 0.2) is 4.34 Å². The van der Waals surface area contributed by atoms with Crippen LogP contribution in [0.25, 0.3) is 0 Å². The number of aryl methyl sites for hydroxylation is 1. The van der Waals surface area contributed by atoms with E-state index in [2.05, 4.69) is 25.7 Å². The Morgan fingerprint density at radius 2 is 2.42 bits per heavy atom. The summed E-state index contributed by atoms with van der Waals surface area (Å²) in [6.45, 7) is 1.87. The fraction of sp³-hybridized carbons (Fsp3) is 0.182. The molecule has 1 N–H and O–H groups in total. The van der Waals surface area contributed by atoms with Gasteiger partial charge in [-0.15, -0.1) is 10.2 Å². The summed E-state index contributed by atoms with van der Waals surface area (Å²) in [4.78, 5) is 15.6. The number of nitrogens with one attached hydrogen (secondary N) is 1. The molecule has 2 aromatic heterocycles. The van der Waals surface area contributed by atoms with E-state index < -0.39 is 0 Å². The maximum absolute atomic E-state index is 11.5. The van der Waals surface area contributed by atoms with E-state index in [9.17, 15) is 4.79 Å². The molecule has 2 rings (SSSR count). The zero-order valence-electron chi connectivity index (χ0n) is 10.1. The Labute approximate surface area is 118 Å². The third-order valence-corrected chi connectivity index (χ3v) is 3.88. The van der Waals surface area contributed by atoms with Crippen molar-refractivity contribution in [3.63, 3.8) is 0 Å². The maximum atomic E-state index is 11.5. The lowest BCUT2D eigenvalue weighted by Gasteiger charge is -1.96. The van der Waals surface area contributed by atoms with E-state index in [1.54, 1.807) is 12.3 Å². The third kappa shape index (κ3) is 4.76. The lowest BCUT2D eigenvalue weighted by atomic mass is 10.4. The van der Waals surface area contributed by atoms with E-state index in [1.165, 1.54) is 29.3 Å². The van der Waals surface area contributed by atoms with Crippen molar-refractivity contribution >= 4 is 35.2 Å². The quantitative estimate of drug-likeness (QED) is 0.513. The van der Waals surface area contributed by atoms with Gasteiger partial charge in [-0.1, -0.05) is 29.2 Å². The molecular weight excluding hydrogens is 282 g/mol. The Hall–Kier alpha value is -1.80. The first kappa shape index (κ1) is 13.6. The van der Waals surface area contributed by atoms with Crippen molar-refractivity contribution in [2.75, 3.05) is 5.75 Å². The molecular formula is C11H11N5OS2. The van der Waals surface area contributed by atoms with Gasteiger partial charge in [0.2, 0.25) is 0 Å². The molecule has 0 radical (unpaired) electrons. The van der Waals surface area contributed by atoms with Gasteiger partial charge < -0.3 is 0 Å². The summed E-state index contributed by atoms with van der Waals surface area (Å²) in [5.41, 5.74) is 3.12. The molecule has 0 spiro atoms. The number of hydrogen-bond acceptors (Lipinski definition) is 7. The largest absolute Gasteiger partial charge is 0.272 e. The average molecular weight is 293 g/mol. The monoisotopic (exact) mass is 293 g/mol. The van der Waals surface area contributed by atoms with E-state index >= 15 is 0 Å². The first-order valence-electron chi connectivity index (χ1n) is 5.40. The minimum absolute atomic E-state index is 0.190. The SMILES string of the molecule is Cc1nnc(SCC(=O)N/N=C/c2ccccn2)s1. The molecule has 2 heterocycles. The van der Waals surface area contributed by atoms with E-state index in [1.807, 2.05) is 19.1 Å². The van der Waals surface area contributed by atoms with Crippen LogP contribution in [0, 0.1) is 6.92 Å². The summed E-state index contributed by atoms with van der Waals surface area (Å²) >= 11 is 2.80. The molecule has 8 heteroatoms. The van der Waals surface area contributed by atoms with Crippen LogP contribution in [-0.2, 0) is 4.79 Å². The van der Waals surface area contributed by atoms with Crippen molar-refractivity contribution in [2.24, 2.45) is 5.10 Å². The van der Waals surface area contributed by atoms with Crippen LogP contribution in [0.4, 0.5) is 0 Å². The highest BCUT2D eigenvalue weighted by molar-refractivity contribution is 8.01. The van der Waals surface area contributed by atoms with Gasteiger partial charge in [0.1, 0.15) is 5.01 Å². The Bertz CT molecular complexity index is 569. The van der Waals surface area contributed by atoms with Crippen molar-refractivity contribution in [1.29, 1.82) is 0 Å². The van der Waals surface area contributed by atoms with Gasteiger partial charge in [-0.05, 0) is 19.1 Å². The fourth-order valence-electron chi connectivity index (χ4n) is 1.12. The van der Waals surface area contributed by atoms with Crippen LogP contribution in [-0.4, -0.2) is 33.1 Å². The zero-order valence-corrected chi connectivity index (χ0v) is 11.7. The Balaban J connectivity index is 1.74. The standard InChI is InChI=1S/C11H11N5OS2/c1-8-14-16-11(19-8)18-7-10(17)15-13-6-9-4-2-3-5-12-9/h2-6H,7H2,1H3,(H,15,17)/b13-6+. The summed E-state index contributed by atoms with van der Waals surface area (Å²) < 4.78 is 0.779. The Morgan fingerprint density at radius 3 is 3.11 bits per heavy atom. The number of amides is 1. The first-order chi connectivity index (χ1) is 9.24. The van der Waals surface area contributed by atoms with E-state index in [0.717, 1.165) is 9.35 Å². The molecule has 0 aliphatic heterocycles. The highest BCUT2D eigenvalue weighted by Gasteiger charge is 2.05. The fourth-order valence-corrected chi connectivity index (χ4v) is 2.73. The van der Waals surface area contributed by atoms with Gasteiger partial charge in [0.05, 0.1) is 17.7 Å². The van der Waals surface area contributed by atoms with Crippen LogP contribution in [0.15, 0.2) is 33.8 Å². The molecule has 1 amide bonds. The van der Waals surface area contributed by atoms with Crippen molar-refractivity contribution < 1.29 is 4.79 Å². The molecule has 0 saturated carbocycles. The first-order valence-corrected chi connectivity index (χ1v) is 7.20. The number of aromatic nitrogens is 3. The number of hydrazone groups is 1. The number of carbonyl (C=O) groups is 1. The molecule has 0 aliphatic carbocycles. The molecule has 19 heavy (non-hydrogen) atoms. The number of nitrogens with zero attached hydrogens (tertiary/aromatic N) is 4. The van der Waals surface area contributed by atoms with Gasteiger partial charge in [0.25, 0.3) is 5.91 Å². The molecule has 0 bridgehead atoms. The van der Waals surface area contributed by atoms with Crippen LogP contribution >= 0.6 is 23.1 Å². The molecule has 6 nitrogen and oxygen atoms in total. The second-order valence-electron chi connectivity index (χ2n) is 3.42. The van der Waals surface area contributed by atoms with Gasteiger partial charge in [-0.2, -0.15) is 5.10 Å². The van der Waals surface area contributed by atoms with Crippen molar-refractivity contribution in [3.8, 4) is 0 Å². The number of thioether (sulfide) groups is 1. The summed E-state index contributed by atoms with van der Waals surface area (Å²) in [5.74, 6) is 0.0683. The lowest BCUT2D eigenvalue weighted by Crippen LogP contribution is -2.19. The summed E-state index contributed by atoms with van der Waals surface area (Å²) in [7, 11) is 0. The average Bonchev–Trinajstić information content (AvgIpc) is 2.83. The highest BCUT2D eigenvalue weighted by atomic mass is 32.2. The topological polar surface area (TPSA) is 80.1 Å². The predicted molar refractivity (Wildman–Crippen MR) is 75.3 cm³/mol. The second kappa shape index (κ2) is 6.95. The summed E-state index contributed by atoms with van der Waals surface area (Å²) in [5, 5.41) is 12.5. The Morgan fingerprint density at radius 1 is 1.53 bits per heavy atom. The molecule has 0 saturated heterocycles. The molecule has 0 fully saturated rings. The maximum Gasteiger partial charge on any atom is 0.250 e. The van der Waals surface area contributed by atoms with Crippen molar-refractivity contribution in [1.82, 2.24) is 20.6 Å². The van der Waals surface area contributed by atoms with Crippen LogP contribution in [0.5, 0.6) is 0 Å². The van der Waals surface area contributed by atoms with Crippen LogP contribution in [0.3, 0.4) is 0 Å². The van der Waals surface area contributed by atoms with Gasteiger partial charge in [0, 0.05) is 6.20 Å². The van der Waals surface area contributed by atoms with Gasteiger partial charge >= 0.3 is 0 Å². The Kier molecular flexibility index (Phi) is 4.99. The van der Waals surface area contributed by atoms with Crippen LogP contribution in [0.1, 0.15) is 10.7 Å². The molecule has 0 aromatic carbocycles. The molecule has 2 aromatic rings. The predicted octanol–water partition coefficient (Wildman–Crippen LogP) is 1.48. The second-order valence-corrected chi connectivity index (χ2v) is 5.83. The van der Waals surface area contributed by atoms with Gasteiger partial charge in [-0.25, -0.2) is 5.43 Å². The summed E-state index contributed by atoms with van der Waals surface area (Å²) in [6, 6.07) is 5.47. The lowest BCUT2D eigenvalue weighted by molar-refractivity contribution is -0.118. The molecule has 0 atom stereocenters. The molecule has 0 unspecified atom stereocenters. The van der Waals surface area contributed by atoms with E-state index in [-0.39, 0.29) is 11.7 Å². The number of carbonyl (C=O) groups excluding carboxylic acids is 1. The number of hydrogen-bond donors (Lipinski definition) is 1. The van der Waals surface area contributed by atoms with Crippen molar-refractivity contribution in [2.45, 2.75) is 11.3 Å². The van der Waals surface area contributed by atoms with Gasteiger partial charge in [-0.3, -0.25) is 9.78 Å². The minimum atomic E-state index is -0.190. The zero-order chi connectivity index (χ0) is 13.5. The molecule has 98 valence electrons. The number of pyridine rings is 1. The molecule has 0 aliphatic rings. The third-order valence-electron chi connectivity index (χ3n) is 1.91. The van der Waals surface area contributed by atoms with Crippen LogP contribution < -0.4 is 5.43 Å². The smallest absolute Gasteiger partial charge is 0.250 e. The number of rotatable bonds is 5. The summed E-state index contributed by atoms with van der Waals surface area (Å²) in [6.07, 6.45) is 3.16. The normalized spacial score (nSPS) is 10.8. The highest BCUT2D eigenvalue weighted by Crippen LogP contribution is 2.21.